The summed E-state index contributed by atoms with van der Waals surface area (Å²) >= 11 is 0. The van der Waals surface area contributed by atoms with E-state index < -0.39 is 30.2 Å². The first-order valence-electron chi connectivity index (χ1n) is 13.7. The van der Waals surface area contributed by atoms with Gasteiger partial charge in [-0.1, -0.05) is 6.07 Å². The Morgan fingerprint density at radius 2 is 1.86 bits per heavy atom. The Bertz CT molecular complexity index is 1410. The molecule has 2 heterocycles. The van der Waals surface area contributed by atoms with Crippen LogP contribution in [0.25, 0.3) is 11.5 Å². The van der Waals surface area contributed by atoms with Gasteiger partial charge < -0.3 is 34.6 Å². The number of carbonyl (C=O) groups is 2. The zero-order chi connectivity index (χ0) is 30.9. The van der Waals surface area contributed by atoms with Crippen LogP contribution in [0, 0.1) is 11.6 Å². The monoisotopic (exact) mass is 608 g/mol. The number of hydrogen-bond donors (Lipinski definition) is 2. The molecule has 1 saturated heterocycles. The third-order valence-corrected chi connectivity index (χ3v) is 6.55. The molecule has 0 spiro atoms. The molecule has 0 unspecified atom stereocenters. The highest BCUT2D eigenvalue weighted by Crippen LogP contribution is 2.35. The summed E-state index contributed by atoms with van der Waals surface area (Å²) in [5.74, 6) is -2.52. The van der Waals surface area contributed by atoms with Crippen molar-refractivity contribution in [3.8, 4) is 23.0 Å². The van der Waals surface area contributed by atoms with Gasteiger partial charge in [0.15, 0.2) is 23.0 Å². The topological polar surface area (TPSA) is 129 Å². The summed E-state index contributed by atoms with van der Waals surface area (Å²) < 4.78 is 74.6. The molecule has 0 bridgehead atoms. The minimum Gasteiger partial charge on any atom is -0.490 e. The molecule has 3 N–H and O–H groups in total. The van der Waals surface area contributed by atoms with Crippen molar-refractivity contribution in [1.29, 1.82) is 0 Å². The second kappa shape index (κ2) is 14.8. The number of rotatable bonds is 13. The van der Waals surface area contributed by atoms with E-state index in [-0.39, 0.29) is 59.0 Å². The molecule has 1 aliphatic heterocycles. The molecule has 1 aliphatic rings. The lowest BCUT2D eigenvalue weighted by atomic mass is 10.2. The highest BCUT2D eigenvalue weighted by Gasteiger charge is 2.25. The molecule has 2 aromatic carbocycles. The fraction of sp³-hybridized carbons (Fsp3) is 0.414. The van der Waals surface area contributed by atoms with Crippen LogP contribution in [0.5, 0.6) is 11.5 Å². The summed E-state index contributed by atoms with van der Waals surface area (Å²) in [5.41, 5.74) is 6.17. The molecule has 1 atom stereocenters. The maximum absolute atomic E-state index is 14.0. The van der Waals surface area contributed by atoms with E-state index in [0.717, 1.165) is 6.07 Å². The maximum Gasteiger partial charge on any atom is 0.387 e. The van der Waals surface area contributed by atoms with E-state index in [1.807, 2.05) is 0 Å². The van der Waals surface area contributed by atoms with E-state index in [9.17, 15) is 27.2 Å². The summed E-state index contributed by atoms with van der Waals surface area (Å²) in [4.78, 5) is 31.2. The molecule has 1 aromatic heterocycles. The van der Waals surface area contributed by atoms with Crippen molar-refractivity contribution in [1.82, 2.24) is 15.2 Å². The lowest BCUT2D eigenvalue weighted by molar-refractivity contribution is -0.135. The Morgan fingerprint density at radius 1 is 1.09 bits per heavy atom. The molecular weight excluding hydrogens is 576 g/mol. The number of hydrogen-bond acceptors (Lipinski definition) is 8. The van der Waals surface area contributed by atoms with Crippen LogP contribution in [0.4, 0.5) is 17.6 Å². The quantitative estimate of drug-likeness (QED) is 0.213. The minimum atomic E-state index is -3.10. The van der Waals surface area contributed by atoms with Crippen LogP contribution in [-0.2, 0) is 16.1 Å². The molecule has 1 fully saturated rings. The van der Waals surface area contributed by atoms with Gasteiger partial charge in [-0.2, -0.15) is 8.78 Å². The maximum atomic E-state index is 14.0. The number of carbonyl (C=O) groups excluding carboxylic acids is 2. The molecule has 3 aromatic rings. The molecule has 14 heteroatoms. The number of ether oxygens (including phenoxy) is 3. The molecule has 0 radical (unpaired) electrons. The molecule has 4 rings (SSSR count). The van der Waals surface area contributed by atoms with E-state index in [1.165, 1.54) is 24.3 Å². The molecule has 43 heavy (non-hydrogen) atoms. The number of nitrogens with one attached hydrogen (secondary N) is 1. The summed E-state index contributed by atoms with van der Waals surface area (Å²) in [6.45, 7) is 0.458. The van der Waals surface area contributed by atoms with Crippen LogP contribution in [0.3, 0.4) is 0 Å². The third kappa shape index (κ3) is 8.67. The number of halogens is 4. The van der Waals surface area contributed by atoms with Gasteiger partial charge in [-0.25, -0.2) is 13.8 Å². The predicted octanol–water partition coefficient (Wildman–Crippen LogP) is 4.58. The van der Waals surface area contributed by atoms with Crippen LogP contribution < -0.4 is 20.5 Å². The number of aromatic nitrogens is 1. The van der Waals surface area contributed by atoms with Gasteiger partial charge in [-0.15, -0.1) is 0 Å². The molecule has 232 valence electrons. The smallest absolute Gasteiger partial charge is 0.387 e. The van der Waals surface area contributed by atoms with Gasteiger partial charge in [-0.05, 0) is 44.0 Å². The Morgan fingerprint density at radius 3 is 2.56 bits per heavy atom. The predicted molar refractivity (Wildman–Crippen MR) is 145 cm³/mol. The third-order valence-electron chi connectivity index (χ3n) is 6.55. The summed E-state index contributed by atoms with van der Waals surface area (Å²) in [6.07, 6.45) is 1.32. The van der Waals surface area contributed by atoms with Crippen molar-refractivity contribution in [3.63, 3.8) is 0 Å². The zero-order valence-electron chi connectivity index (χ0n) is 23.4. The molecule has 10 nitrogen and oxygen atoms in total. The average Bonchev–Trinajstić information content (AvgIpc) is 3.43. The van der Waals surface area contributed by atoms with Crippen LogP contribution in [0.2, 0.25) is 0 Å². The zero-order valence-corrected chi connectivity index (χ0v) is 23.4. The number of nitrogens with two attached hydrogens (primary N) is 1. The summed E-state index contributed by atoms with van der Waals surface area (Å²) in [6, 6.07) is 6.25. The second-order valence-electron chi connectivity index (χ2n) is 9.78. The van der Waals surface area contributed by atoms with Gasteiger partial charge >= 0.3 is 6.61 Å². The lowest BCUT2D eigenvalue weighted by Gasteiger charge is -2.26. The first-order valence-corrected chi connectivity index (χ1v) is 13.7. The first-order chi connectivity index (χ1) is 20.6. The number of unbranched alkanes of at least 4 members (excludes halogenated alkanes) is 1. The van der Waals surface area contributed by atoms with E-state index in [2.05, 4.69) is 15.0 Å². The second-order valence-corrected chi connectivity index (χ2v) is 9.78. The van der Waals surface area contributed by atoms with Crippen LogP contribution in [0.15, 0.2) is 40.8 Å². The minimum absolute atomic E-state index is 0.0171. The van der Waals surface area contributed by atoms with E-state index in [4.69, 9.17) is 19.6 Å². The van der Waals surface area contributed by atoms with Crippen molar-refractivity contribution < 1.29 is 45.8 Å². The molecular formula is C29H32F4N4O6. The highest BCUT2D eigenvalue weighted by molar-refractivity contribution is 5.94. The van der Waals surface area contributed by atoms with Crippen molar-refractivity contribution in [3.05, 3.63) is 65.1 Å². The Kier molecular flexibility index (Phi) is 11.0. The van der Waals surface area contributed by atoms with Gasteiger partial charge in [-0.3, -0.25) is 9.59 Å². The van der Waals surface area contributed by atoms with E-state index >= 15 is 0 Å². The van der Waals surface area contributed by atoms with Crippen LogP contribution in [-0.4, -0.2) is 61.2 Å². The number of amides is 2. The normalized spacial score (nSPS) is 14.1. The SMILES string of the molecule is C[C@H](N)c1oc(-c2ccc(OC(F)F)c(OCCCCC(=O)N3CCOCC3)c2)nc1C(=O)NCc1ccc(F)cc1F. The fourth-order valence-corrected chi connectivity index (χ4v) is 4.33. The van der Waals surface area contributed by atoms with Crippen molar-refractivity contribution in [2.75, 3.05) is 32.9 Å². The average molecular weight is 609 g/mol. The molecule has 0 saturated carbocycles. The number of oxazole rings is 1. The Labute approximate surface area is 245 Å². The number of morpholine rings is 1. The van der Waals surface area contributed by atoms with Gasteiger partial charge in [0.1, 0.15) is 11.6 Å². The van der Waals surface area contributed by atoms with Crippen molar-refractivity contribution in [2.45, 2.75) is 45.4 Å². The first kappa shape index (κ1) is 31.8. The number of nitrogens with zero attached hydrogens (tertiary/aromatic N) is 2. The van der Waals surface area contributed by atoms with Crippen LogP contribution >= 0.6 is 0 Å². The molecule has 2 amide bonds. The standard InChI is InChI=1S/C29H32F4N4O6/c1-17(34)26-25(27(39)35-16-19-5-7-20(30)15-21(19)31)36-28(43-26)18-6-8-22(42-29(32)33)23(14-18)41-11-3-2-4-24(38)37-9-12-40-13-10-37/h5-8,14-15,17,29H,2-4,9-13,16,34H2,1H3,(H,35,39)/t17-/m0/s1. The van der Waals surface area contributed by atoms with Crippen molar-refractivity contribution in [2.24, 2.45) is 5.73 Å². The Hall–Kier alpha value is -4.17. The van der Waals surface area contributed by atoms with Gasteiger partial charge in [0.05, 0.1) is 25.9 Å². The van der Waals surface area contributed by atoms with Gasteiger partial charge in [0.2, 0.25) is 11.8 Å². The number of alkyl halides is 2. The van der Waals surface area contributed by atoms with E-state index in [0.29, 0.717) is 51.6 Å². The highest BCUT2D eigenvalue weighted by atomic mass is 19.3. The van der Waals surface area contributed by atoms with Crippen molar-refractivity contribution >= 4 is 11.8 Å². The Balaban J connectivity index is 1.45. The summed E-state index contributed by atoms with van der Waals surface area (Å²) in [5, 5.41) is 2.51. The molecule has 0 aliphatic carbocycles. The lowest BCUT2D eigenvalue weighted by Crippen LogP contribution is -2.40. The van der Waals surface area contributed by atoms with Gasteiger partial charge in [0.25, 0.3) is 5.91 Å². The number of benzene rings is 2. The van der Waals surface area contributed by atoms with Crippen LogP contribution in [0.1, 0.15) is 54.0 Å². The fourth-order valence-electron chi connectivity index (χ4n) is 4.33. The largest absolute Gasteiger partial charge is 0.490 e. The van der Waals surface area contributed by atoms with E-state index in [1.54, 1.807) is 11.8 Å². The van der Waals surface area contributed by atoms with Gasteiger partial charge in [0, 0.05) is 43.2 Å². The summed E-state index contributed by atoms with van der Waals surface area (Å²) in [7, 11) is 0.